The molecule has 0 bridgehead atoms. The third-order valence-corrected chi connectivity index (χ3v) is 4.47. The molecule has 1 aromatic carbocycles. The van der Waals surface area contributed by atoms with Gasteiger partial charge in [0.1, 0.15) is 5.01 Å². The molecule has 0 aliphatic heterocycles. The molecule has 1 heterocycles. The van der Waals surface area contributed by atoms with Gasteiger partial charge in [-0.3, -0.25) is 14.9 Å². The SMILES string of the molecule is Cc1ccc(Cc2nnc(NC(=O)CNC(=O)[C@@H](N)C(C)C)s2)cc1. The molecule has 0 fully saturated rings. The standard InChI is InChI=1S/C17H23N5O2S/c1-10(2)15(18)16(24)19-9-13(23)20-17-22-21-14(25-17)8-12-6-4-11(3)5-7-12/h4-7,10,15H,8-9,18H2,1-3H3,(H,19,24)(H,20,22,23)/t15-/m0/s1. The van der Waals surface area contributed by atoms with Crippen molar-refractivity contribution in [3.8, 4) is 0 Å². The van der Waals surface area contributed by atoms with Gasteiger partial charge in [-0.05, 0) is 18.4 Å². The van der Waals surface area contributed by atoms with Crippen molar-refractivity contribution in [2.75, 3.05) is 11.9 Å². The highest BCUT2D eigenvalue weighted by atomic mass is 32.1. The fraction of sp³-hybridized carbons (Fsp3) is 0.412. The van der Waals surface area contributed by atoms with Gasteiger partial charge in [-0.25, -0.2) is 0 Å². The van der Waals surface area contributed by atoms with Crippen LogP contribution in [-0.2, 0) is 16.0 Å². The maximum absolute atomic E-state index is 11.9. The highest BCUT2D eigenvalue weighted by Crippen LogP contribution is 2.18. The molecule has 1 atom stereocenters. The van der Waals surface area contributed by atoms with Crippen molar-refractivity contribution in [1.29, 1.82) is 0 Å². The summed E-state index contributed by atoms with van der Waals surface area (Å²) >= 11 is 1.31. The van der Waals surface area contributed by atoms with Crippen LogP contribution in [0.15, 0.2) is 24.3 Å². The third-order valence-electron chi connectivity index (χ3n) is 3.63. The Kier molecular flexibility index (Phi) is 6.60. The Hall–Kier alpha value is -2.32. The van der Waals surface area contributed by atoms with E-state index < -0.39 is 6.04 Å². The summed E-state index contributed by atoms with van der Waals surface area (Å²) < 4.78 is 0. The molecule has 7 nitrogen and oxygen atoms in total. The molecule has 2 rings (SSSR count). The molecule has 134 valence electrons. The number of aryl methyl sites for hydroxylation is 1. The number of carbonyl (C=O) groups is 2. The van der Waals surface area contributed by atoms with Gasteiger partial charge < -0.3 is 11.1 Å². The van der Waals surface area contributed by atoms with Crippen LogP contribution >= 0.6 is 11.3 Å². The normalized spacial score (nSPS) is 12.0. The van der Waals surface area contributed by atoms with Crippen LogP contribution in [0.25, 0.3) is 0 Å². The molecule has 25 heavy (non-hydrogen) atoms. The fourth-order valence-corrected chi connectivity index (χ4v) is 2.80. The van der Waals surface area contributed by atoms with Crippen LogP contribution in [-0.4, -0.2) is 34.6 Å². The second-order valence-electron chi connectivity index (χ2n) is 6.20. The first-order valence-corrected chi connectivity index (χ1v) is 8.88. The van der Waals surface area contributed by atoms with Crippen LogP contribution in [0, 0.1) is 12.8 Å². The Balaban J connectivity index is 1.83. The lowest BCUT2D eigenvalue weighted by molar-refractivity contribution is -0.125. The first-order chi connectivity index (χ1) is 11.8. The van der Waals surface area contributed by atoms with Crippen molar-refractivity contribution in [3.63, 3.8) is 0 Å². The number of benzene rings is 1. The van der Waals surface area contributed by atoms with Crippen LogP contribution in [0.2, 0.25) is 0 Å². The van der Waals surface area contributed by atoms with Crippen molar-refractivity contribution in [2.45, 2.75) is 33.2 Å². The van der Waals surface area contributed by atoms with Crippen LogP contribution in [0.3, 0.4) is 0 Å². The Bertz CT molecular complexity index is 727. The summed E-state index contributed by atoms with van der Waals surface area (Å²) in [5.41, 5.74) is 8.06. The Morgan fingerprint density at radius 3 is 2.52 bits per heavy atom. The maximum Gasteiger partial charge on any atom is 0.245 e. The largest absolute Gasteiger partial charge is 0.346 e. The second-order valence-corrected chi connectivity index (χ2v) is 7.26. The van der Waals surface area contributed by atoms with E-state index in [1.165, 1.54) is 16.9 Å². The van der Waals surface area contributed by atoms with E-state index in [-0.39, 0.29) is 24.3 Å². The summed E-state index contributed by atoms with van der Waals surface area (Å²) in [6, 6.07) is 7.55. The zero-order valence-electron chi connectivity index (χ0n) is 14.6. The summed E-state index contributed by atoms with van der Waals surface area (Å²) in [4.78, 5) is 23.6. The lowest BCUT2D eigenvalue weighted by Crippen LogP contribution is -2.46. The molecule has 8 heteroatoms. The van der Waals surface area contributed by atoms with Gasteiger partial charge >= 0.3 is 0 Å². The van der Waals surface area contributed by atoms with Crippen LogP contribution < -0.4 is 16.4 Å². The number of hydrogen-bond donors (Lipinski definition) is 3. The van der Waals surface area contributed by atoms with Gasteiger partial charge in [-0.15, -0.1) is 10.2 Å². The highest BCUT2D eigenvalue weighted by Gasteiger charge is 2.18. The third kappa shape index (κ3) is 5.91. The molecule has 4 N–H and O–H groups in total. The number of carbonyl (C=O) groups excluding carboxylic acids is 2. The van der Waals surface area contributed by atoms with Crippen molar-refractivity contribution in [1.82, 2.24) is 15.5 Å². The summed E-state index contributed by atoms with van der Waals surface area (Å²) in [7, 11) is 0. The number of nitrogens with zero attached hydrogens (tertiary/aromatic N) is 2. The number of rotatable bonds is 7. The number of aromatic nitrogens is 2. The minimum Gasteiger partial charge on any atom is -0.346 e. The fourth-order valence-electron chi connectivity index (χ4n) is 2.01. The van der Waals surface area contributed by atoms with Gasteiger partial charge in [-0.1, -0.05) is 55.0 Å². The predicted molar refractivity (Wildman–Crippen MR) is 98.3 cm³/mol. The Morgan fingerprint density at radius 1 is 1.20 bits per heavy atom. The van der Waals surface area contributed by atoms with Crippen LogP contribution in [0.1, 0.15) is 30.0 Å². The van der Waals surface area contributed by atoms with Crippen molar-refractivity contribution in [2.24, 2.45) is 11.7 Å². The predicted octanol–water partition coefficient (Wildman–Crippen LogP) is 1.48. The zero-order chi connectivity index (χ0) is 18.4. The molecule has 1 aromatic heterocycles. The summed E-state index contributed by atoms with van der Waals surface area (Å²) in [6.45, 7) is 5.59. The number of anilines is 1. The van der Waals surface area contributed by atoms with E-state index in [0.717, 1.165) is 10.6 Å². The van der Waals surface area contributed by atoms with Gasteiger partial charge in [-0.2, -0.15) is 0 Å². The van der Waals surface area contributed by atoms with Gasteiger partial charge in [0.05, 0.1) is 12.6 Å². The number of nitrogens with one attached hydrogen (secondary N) is 2. The molecule has 0 saturated heterocycles. The van der Waals surface area contributed by atoms with Gasteiger partial charge in [0.15, 0.2) is 0 Å². The lowest BCUT2D eigenvalue weighted by Gasteiger charge is -2.14. The van der Waals surface area contributed by atoms with Crippen molar-refractivity contribution in [3.05, 3.63) is 40.4 Å². The monoisotopic (exact) mass is 361 g/mol. The van der Waals surface area contributed by atoms with Crippen LogP contribution in [0.4, 0.5) is 5.13 Å². The molecular weight excluding hydrogens is 338 g/mol. The minimum atomic E-state index is -0.629. The van der Waals surface area contributed by atoms with E-state index in [1.807, 2.05) is 45.0 Å². The summed E-state index contributed by atoms with van der Waals surface area (Å²) in [5.74, 6) is -0.694. The summed E-state index contributed by atoms with van der Waals surface area (Å²) in [6.07, 6.45) is 0.661. The molecule has 0 unspecified atom stereocenters. The van der Waals surface area contributed by atoms with E-state index in [2.05, 4.69) is 20.8 Å². The average molecular weight is 361 g/mol. The molecule has 2 aromatic rings. The second kappa shape index (κ2) is 8.68. The molecule has 0 radical (unpaired) electrons. The molecule has 0 aliphatic carbocycles. The lowest BCUT2D eigenvalue weighted by atomic mass is 10.1. The number of hydrogen-bond acceptors (Lipinski definition) is 6. The maximum atomic E-state index is 11.9. The first-order valence-electron chi connectivity index (χ1n) is 8.06. The quantitative estimate of drug-likeness (QED) is 0.692. The highest BCUT2D eigenvalue weighted by molar-refractivity contribution is 7.15. The van der Waals surface area contributed by atoms with E-state index in [9.17, 15) is 9.59 Å². The molecule has 0 saturated carbocycles. The Morgan fingerprint density at radius 2 is 1.88 bits per heavy atom. The van der Waals surface area contributed by atoms with E-state index in [4.69, 9.17) is 5.73 Å². The van der Waals surface area contributed by atoms with Gasteiger partial charge in [0, 0.05) is 6.42 Å². The van der Waals surface area contributed by atoms with Gasteiger partial charge in [0.2, 0.25) is 16.9 Å². The van der Waals surface area contributed by atoms with E-state index in [0.29, 0.717) is 11.6 Å². The molecule has 2 amide bonds. The zero-order valence-corrected chi connectivity index (χ0v) is 15.4. The minimum absolute atomic E-state index is 0.00977. The molecule has 0 aliphatic rings. The number of amides is 2. The van der Waals surface area contributed by atoms with Crippen molar-refractivity contribution >= 4 is 28.3 Å². The molecular formula is C17H23N5O2S. The van der Waals surface area contributed by atoms with Crippen molar-refractivity contribution < 1.29 is 9.59 Å². The number of nitrogens with two attached hydrogens (primary N) is 1. The topological polar surface area (TPSA) is 110 Å². The van der Waals surface area contributed by atoms with Gasteiger partial charge in [0.25, 0.3) is 0 Å². The average Bonchev–Trinajstić information content (AvgIpc) is 3.00. The van der Waals surface area contributed by atoms with E-state index >= 15 is 0 Å². The smallest absolute Gasteiger partial charge is 0.245 e. The van der Waals surface area contributed by atoms with E-state index in [1.54, 1.807) is 0 Å². The van der Waals surface area contributed by atoms with Crippen LogP contribution in [0.5, 0.6) is 0 Å². The summed E-state index contributed by atoms with van der Waals surface area (Å²) in [5, 5.41) is 14.4. The Labute approximate surface area is 151 Å². The first kappa shape index (κ1) is 19.0. The molecule has 0 spiro atoms.